The van der Waals surface area contributed by atoms with Gasteiger partial charge in [-0.3, -0.25) is 4.79 Å². The second-order valence-corrected chi connectivity index (χ2v) is 5.11. The summed E-state index contributed by atoms with van der Waals surface area (Å²) in [6.45, 7) is 3.47. The third kappa shape index (κ3) is 3.02. The van der Waals surface area contributed by atoms with E-state index in [1.54, 1.807) is 12.1 Å². The van der Waals surface area contributed by atoms with Gasteiger partial charge >= 0.3 is 0 Å². The Hall–Kier alpha value is -2.43. The summed E-state index contributed by atoms with van der Waals surface area (Å²) in [6.07, 6.45) is 0. The van der Waals surface area contributed by atoms with Crippen LogP contribution in [-0.2, 0) is 10.3 Å². The topological polar surface area (TPSA) is 55.1 Å². The standard InChI is InChI=1S/C16H16F2N2O/c1-10-3-6-12(7-4-10)20-16(2,15(19)21)11-5-8-13(17)14(18)9-11/h3-9,20H,1-2H3,(H2,19,21). The number of nitrogens with two attached hydrogens (primary N) is 1. The number of benzene rings is 2. The second-order valence-electron chi connectivity index (χ2n) is 5.11. The Morgan fingerprint density at radius 3 is 2.24 bits per heavy atom. The van der Waals surface area contributed by atoms with Gasteiger partial charge in [-0.2, -0.15) is 0 Å². The van der Waals surface area contributed by atoms with Crippen LogP contribution in [0.5, 0.6) is 0 Å². The number of anilines is 1. The van der Waals surface area contributed by atoms with Gasteiger partial charge in [0.05, 0.1) is 0 Å². The lowest BCUT2D eigenvalue weighted by molar-refractivity contribution is -0.122. The monoisotopic (exact) mass is 290 g/mol. The van der Waals surface area contributed by atoms with Gasteiger partial charge in [-0.1, -0.05) is 23.8 Å². The van der Waals surface area contributed by atoms with E-state index >= 15 is 0 Å². The molecular weight excluding hydrogens is 274 g/mol. The lowest BCUT2D eigenvalue weighted by atomic mass is 9.90. The van der Waals surface area contributed by atoms with Crippen LogP contribution in [0.3, 0.4) is 0 Å². The number of hydrogen-bond acceptors (Lipinski definition) is 2. The molecule has 21 heavy (non-hydrogen) atoms. The molecule has 1 unspecified atom stereocenters. The largest absolute Gasteiger partial charge is 0.368 e. The Morgan fingerprint density at radius 2 is 1.71 bits per heavy atom. The van der Waals surface area contributed by atoms with Gasteiger partial charge in [0.2, 0.25) is 5.91 Å². The molecule has 110 valence electrons. The van der Waals surface area contributed by atoms with E-state index in [9.17, 15) is 13.6 Å². The molecule has 0 saturated heterocycles. The van der Waals surface area contributed by atoms with Crippen LogP contribution < -0.4 is 11.1 Å². The predicted octanol–water partition coefficient (Wildman–Crippen LogP) is 3.09. The van der Waals surface area contributed by atoms with Crippen molar-refractivity contribution in [1.29, 1.82) is 0 Å². The SMILES string of the molecule is Cc1ccc(NC(C)(C(N)=O)c2ccc(F)c(F)c2)cc1. The van der Waals surface area contributed by atoms with E-state index in [0.29, 0.717) is 5.69 Å². The Morgan fingerprint density at radius 1 is 1.10 bits per heavy atom. The molecule has 2 aromatic rings. The van der Waals surface area contributed by atoms with Crippen LogP contribution in [-0.4, -0.2) is 5.91 Å². The Bertz CT molecular complexity index is 670. The molecule has 0 radical (unpaired) electrons. The van der Waals surface area contributed by atoms with Gasteiger partial charge in [0.15, 0.2) is 11.6 Å². The van der Waals surface area contributed by atoms with E-state index in [1.165, 1.54) is 13.0 Å². The highest BCUT2D eigenvalue weighted by molar-refractivity contribution is 5.89. The van der Waals surface area contributed by atoms with E-state index in [4.69, 9.17) is 5.73 Å². The minimum atomic E-state index is -1.34. The maximum Gasteiger partial charge on any atom is 0.247 e. The van der Waals surface area contributed by atoms with Crippen LogP contribution in [0, 0.1) is 18.6 Å². The van der Waals surface area contributed by atoms with E-state index in [-0.39, 0.29) is 5.56 Å². The molecule has 1 amide bonds. The number of carbonyl (C=O) groups excluding carboxylic acids is 1. The lowest BCUT2D eigenvalue weighted by Crippen LogP contribution is -2.45. The smallest absolute Gasteiger partial charge is 0.247 e. The highest BCUT2D eigenvalue weighted by atomic mass is 19.2. The lowest BCUT2D eigenvalue weighted by Gasteiger charge is -2.29. The van der Waals surface area contributed by atoms with Gasteiger partial charge < -0.3 is 11.1 Å². The van der Waals surface area contributed by atoms with Crippen molar-refractivity contribution in [3.05, 3.63) is 65.2 Å². The number of carbonyl (C=O) groups is 1. The fourth-order valence-corrected chi connectivity index (χ4v) is 2.01. The van der Waals surface area contributed by atoms with Gasteiger partial charge in [0, 0.05) is 5.69 Å². The van der Waals surface area contributed by atoms with Crippen molar-refractivity contribution in [3.63, 3.8) is 0 Å². The van der Waals surface area contributed by atoms with Gasteiger partial charge in [-0.05, 0) is 43.7 Å². The average Bonchev–Trinajstić information content (AvgIpc) is 2.44. The van der Waals surface area contributed by atoms with Crippen molar-refractivity contribution in [1.82, 2.24) is 0 Å². The molecule has 0 aliphatic carbocycles. The third-order valence-electron chi connectivity index (χ3n) is 3.44. The summed E-state index contributed by atoms with van der Waals surface area (Å²) in [7, 11) is 0. The first-order chi connectivity index (χ1) is 9.83. The molecule has 0 heterocycles. The summed E-state index contributed by atoms with van der Waals surface area (Å²) in [4.78, 5) is 11.8. The van der Waals surface area contributed by atoms with Crippen LogP contribution in [0.2, 0.25) is 0 Å². The zero-order valence-electron chi connectivity index (χ0n) is 11.8. The Balaban J connectivity index is 2.42. The van der Waals surface area contributed by atoms with Crippen LogP contribution in [0.15, 0.2) is 42.5 Å². The maximum atomic E-state index is 13.4. The molecule has 2 aromatic carbocycles. The summed E-state index contributed by atoms with van der Waals surface area (Å²) >= 11 is 0. The number of nitrogens with one attached hydrogen (secondary N) is 1. The van der Waals surface area contributed by atoms with Crippen molar-refractivity contribution in [2.24, 2.45) is 5.73 Å². The first kappa shape index (κ1) is 15.0. The molecule has 5 heteroatoms. The minimum Gasteiger partial charge on any atom is -0.368 e. The fourth-order valence-electron chi connectivity index (χ4n) is 2.01. The van der Waals surface area contributed by atoms with E-state index in [2.05, 4.69) is 5.32 Å². The molecule has 0 saturated carbocycles. The predicted molar refractivity (Wildman–Crippen MR) is 77.7 cm³/mol. The molecule has 0 bridgehead atoms. The maximum absolute atomic E-state index is 13.4. The first-order valence-corrected chi connectivity index (χ1v) is 6.43. The van der Waals surface area contributed by atoms with Crippen LogP contribution in [0.1, 0.15) is 18.1 Å². The summed E-state index contributed by atoms with van der Waals surface area (Å²) in [5, 5.41) is 2.98. The molecule has 0 spiro atoms. The number of rotatable bonds is 4. The van der Waals surface area contributed by atoms with Gasteiger partial charge in [-0.25, -0.2) is 8.78 Å². The average molecular weight is 290 g/mol. The first-order valence-electron chi connectivity index (χ1n) is 6.43. The highest BCUT2D eigenvalue weighted by Crippen LogP contribution is 2.27. The zero-order chi connectivity index (χ0) is 15.6. The molecule has 0 aliphatic rings. The van der Waals surface area contributed by atoms with Crippen LogP contribution in [0.4, 0.5) is 14.5 Å². The number of amides is 1. The highest BCUT2D eigenvalue weighted by Gasteiger charge is 2.33. The van der Waals surface area contributed by atoms with Crippen molar-refractivity contribution >= 4 is 11.6 Å². The zero-order valence-corrected chi connectivity index (χ0v) is 11.8. The minimum absolute atomic E-state index is 0.259. The van der Waals surface area contributed by atoms with Gasteiger partial charge in [0.25, 0.3) is 0 Å². The quantitative estimate of drug-likeness (QED) is 0.909. The Kier molecular flexibility index (Phi) is 3.93. The van der Waals surface area contributed by atoms with E-state index in [0.717, 1.165) is 17.7 Å². The number of hydrogen-bond donors (Lipinski definition) is 2. The molecule has 1 atom stereocenters. The van der Waals surface area contributed by atoms with Crippen molar-refractivity contribution in [2.45, 2.75) is 19.4 Å². The number of primary amides is 1. The van der Waals surface area contributed by atoms with Crippen LogP contribution >= 0.6 is 0 Å². The summed E-state index contributed by atoms with van der Waals surface area (Å²) in [5.74, 6) is -2.68. The van der Waals surface area contributed by atoms with Crippen molar-refractivity contribution in [2.75, 3.05) is 5.32 Å². The number of aryl methyl sites for hydroxylation is 1. The molecule has 0 aromatic heterocycles. The normalized spacial score (nSPS) is 13.5. The van der Waals surface area contributed by atoms with Gasteiger partial charge in [0.1, 0.15) is 5.54 Å². The molecule has 2 rings (SSSR count). The Labute approximate surface area is 121 Å². The second kappa shape index (κ2) is 5.52. The molecular formula is C16H16F2N2O. The summed E-state index contributed by atoms with van der Waals surface area (Å²) in [5.41, 5.74) is 6.09. The van der Waals surface area contributed by atoms with Gasteiger partial charge in [-0.15, -0.1) is 0 Å². The molecule has 3 N–H and O–H groups in total. The molecule has 3 nitrogen and oxygen atoms in total. The summed E-state index contributed by atoms with van der Waals surface area (Å²) in [6, 6.07) is 10.6. The van der Waals surface area contributed by atoms with Crippen molar-refractivity contribution < 1.29 is 13.6 Å². The van der Waals surface area contributed by atoms with E-state index < -0.39 is 23.1 Å². The fraction of sp³-hybridized carbons (Fsp3) is 0.188. The summed E-state index contributed by atoms with van der Waals surface area (Å²) < 4.78 is 26.5. The number of halogens is 2. The third-order valence-corrected chi connectivity index (χ3v) is 3.44. The van der Waals surface area contributed by atoms with E-state index in [1.807, 2.05) is 19.1 Å². The molecule has 0 fully saturated rings. The molecule has 0 aliphatic heterocycles. The van der Waals surface area contributed by atoms with Crippen molar-refractivity contribution in [3.8, 4) is 0 Å². The van der Waals surface area contributed by atoms with Crippen LogP contribution in [0.25, 0.3) is 0 Å².